The minimum absolute atomic E-state index is 0.265. The highest BCUT2D eigenvalue weighted by molar-refractivity contribution is 5.37. The van der Waals surface area contributed by atoms with Gasteiger partial charge in [-0.1, -0.05) is 18.2 Å². The summed E-state index contributed by atoms with van der Waals surface area (Å²) in [5.74, 6) is -0.641. The van der Waals surface area contributed by atoms with Crippen molar-refractivity contribution in [2.24, 2.45) is 0 Å². The Morgan fingerprint density at radius 2 is 1.75 bits per heavy atom. The number of hydrogen-bond acceptors (Lipinski definition) is 2. The topological polar surface area (TPSA) is 27.0 Å². The van der Waals surface area contributed by atoms with Crippen LogP contribution in [0.25, 0.3) is 0 Å². The van der Waals surface area contributed by atoms with Crippen LogP contribution in [0.15, 0.2) is 42.5 Å². The number of halogens is 2. The minimum Gasteiger partial charge on any atom is -0.298 e. The first-order valence-corrected chi connectivity index (χ1v) is 6.20. The van der Waals surface area contributed by atoms with Crippen molar-refractivity contribution in [3.05, 3.63) is 70.8 Å². The van der Waals surface area contributed by atoms with Crippen LogP contribution in [0.5, 0.6) is 0 Å². The maximum absolute atomic E-state index is 13.6. The third-order valence-electron chi connectivity index (χ3n) is 3.03. The Morgan fingerprint density at radius 1 is 1.05 bits per heavy atom. The summed E-state index contributed by atoms with van der Waals surface area (Å²) >= 11 is 0. The van der Waals surface area contributed by atoms with E-state index in [-0.39, 0.29) is 11.6 Å². The van der Waals surface area contributed by atoms with Crippen molar-refractivity contribution in [1.29, 1.82) is 5.26 Å². The van der Waals surface area contributed by atoms with Crippen molar-refractivity contribution >= 4 is 0 Å². The number of rotatable bonds is 4. The van der Waals surface area contributed by atoms with Crippen molar-refractivity contribution in [3.8, 4) is 6.07 Å². The molecule has 0 aliphatic carbocycles. The average Bonchev–Trinajstić information content (AvgIpc) is 2.41. The lowest BCUT2D eigenvalue weighted by Gasteiger charge is -2.18. The third kappa shape index (κ3) is 3.40. The second-order valence-corrected chi connectivity index (χ2v) is 4.68. The van der Waals surface area contributed by atoms with E-state index in [1.54, 1.807) is 25.2 Å². The van der Waals surface area contributed by atoms with Crippen LogP contribution in [-0.4, -0.2) is 11.9 Å². The first-order valence-electron chi connectivity index (χ1n) is 6.20. The van der Waals surface area contributed by atoms with Gasteiger partial charge in [0.2, 0.25) is 0 Å². The van der Waals surface area contributed by atoms with Gasteiger partial charge in [-0.05, 0) is 36.9 Å². The first-order chi connectivity index (χ1) is 9.60. The number of nitrogens with zero attached hydrogens (tertiary/aromatic N) is 2. The Balaban J connectivity index is 2.13. The van der Waals surface area contributed by atoms with Gasteiger partial charge in [0.05, 0.1) is 11.6 Å². The molecule has 0 bridgehead atoms. The van der Waals surface area contributed by atoms with Gasteiger partial charge < -0.3 is 0 Å². The number of nitriles is 1. The molecular weight excluding hydrogens is 258 g/mol. The molecule has 0 aliphatic heterocycles. The molecule has 0 amide bonds. The van der Waals surface area contributed by atoms with E-state index >= 15 is 0 Å². The van der Waals surface area contributed by atoms with Crippen molar-refractivity contribution in [2.75, 3.05) is 7.05 Å². The van der Waals surface area contributed by atoms with Crippen LogP contribution in [0.3, 0.4) is 0 Å². The van der Waals surface area contributed by atoms with Crippen LogP contribution in [0.1, 0.15) is 16.7 Å². The second-order valence-electron chi connectivity index (χ2n) is 4.68. The quantitative estimate of drug-likeness (QED) is 0.852. The SMILES string of the molecule is CN(Cc1ccccc1F)Cc1cc(F)ccc1C#N. The number of benzene rings is 2. The van der Waals surface area contributed by atoms with Gasteiger partial charge in [-0.3, -0.25) is 4.90 Å². The molecule has 0 radical (unpaired) electrons. The summed E-state index contributed by atoms with van der Waals surface area (Å²) in [6.07, 6.45) is 0. The predicted octanol–water partition coefficient (Wildman–Crippen LogP) is 3.47. The van der Waals surface area contributed by atoms with Gasteiger partial charge in [-0.2, -0.15) is 5.26 Å². The van der Waals surface area contributed by atoms with Crippen LogP contribution in [0.2, 0.25) is 0 Å². The molecular formula is C16H14F2N2. The molecule has 4 heteroatoms. The lowest BCUT2D eigenvalue weighted by atomic mass is 10.1. The average molecular weight is 272 g/mol. The smallest absolute Gasteiger partial charge is 0.127 e. The molecule has 0 aliphatic rings. The molecule has 2 aromatic rings. The Hall–Kier alpha value is -2.25. The normalized spacial score (nSPS) is 10.6. The standard InChI is InChI=1S/C16H14F2N2/c1-20(10-13-4-2-3-5-16(13)18)11-14-8-15(17)7-6-12(14)9-19/h2-8H,10-11H2,1H3. The Bertz CT molecular complexity index is 647. The molecule has 0 unspecified atom stereocenters. The van der Waals surface area contributed by atoms with Gasteiger partial charge in [-0.25, -0.2) is 8.78 Å². The zero-order valence-corrected chi connectivity index (χ0v) is 11.1. The molecule has 0 atom stereocenters. The van der Waals surface area contributed by atoms with E-state index in [0.717, 1.165) is 0 Å². The van der Waals surface area contributed by atoms with Crippen LogP contribution in [-0.2, 0) is 13.1 Å². The molecule has 0 heterocycles. The van der Waals surface area contributed by atoms with E-state index in [4.69, 9.17) is 5.26 Å². The molecule has 0 saturated heterocycles. The fraction of sp³-hybridized carbons (Fsp3) is 0.188. The third-order valence-corrected chi connectivity index (χ3v) is 3.03. The molecule has 102 valence electrons. The molecule has 2 rings (SSSR count). The van der Waals surface area contributed by atoms with Crippen molar-refractivity contribution in [1.82, 2.24) is 4.90 Å². The van der Waals surface area contributed by atoms with E-state index in [0.29, 0.717) is 29.8 Å². The maximum Gasteiger partial charge on any atom is 0.127 e. The molecule has 2 nitrogen and oxygen atoms in total. The summed E-state index contributed by atoms with van der Waals surface area (Å²) in [6, 6.07) is 12.6. The molecule has 2 aromatic carbocycles. The van der Waals surface area contributed by atoms with E-state index in [1.807, 2.05) is 11.0 Å². The molecule has 0 saturated carbocycles. The van der Waals surface area contributed by atoms with Crippen molar-refractivity contribution in [2.45, 2.75) is 13.1 Å². The highest BCUT2D eigenvalue weighted by Gasteiger charge is 2.09. The van der Waals surface area contributed by atoms with Gasteiger partial charge in [0.25, 0.3) is 0 Å². The minimum atomic E-state index is -0.377. The zero-order valence-electron chi connectivity index (χ0n) is 11.1. The molecule has 0 spiro atoms. The lowest BCUT2D eigenvalue weighted by Crippen LogP contribution is -2.18. The summed E-state index contributed by atoms with van der Waals surface area (Å²) < 4.78 is 26.8. The monoisotopic (exact) mass is 272 g/mol. The summed E-state index contributed by atoms with van der Waals surface area (Å²) in [4.78, 5) is 1.84. The summed E-state index contributed by atoms with van der Waals surface area (Å²) in [6.45, 7) is 0.781. The Morgan fingerprint density at radius 3 is 2.45 bits per heavy atom. The number of hydrogen-bond donors (Lipinski definition) is 0. The Kier molecular flexibility index (Phi) is 4.44. The van der Waals surface area contributed by atoms with Crippen LogP contribution in [0.4, 0.5) is 8.78 Å². The first kappa shape index (κ1) is 14.2. The van der Waals surface area contributed by atoms with Gasteiger partial charge >= 0.3 is 0 Å². The highest BCUT2D eigenvalue weighted by Crippen LogP contribution is 2.15. The van der Waals surface area contributed by atoms with E-state index < -0.39 is 0 Å². The summed E-state index contributed by atoms with van der Waals surface area (Å²) in [5, 5.41) is 9.01. The van der Waals surface area contributed by atoms with E-state index in [9.17, 15) is 8.78 Å². The molecule has 20 heavy (non-hydrogen) atoms. The maximum atomic E-state index is 13.6. The van der Waals surface area contributed by atoms with Crippen LogP contribution >= 0.6 is 0 Å². The molecule has 0 fully saturated rings. The van der Waals surface area contributed by atoms with Gasteiger partial charge in [0, 0.05) is 18.7 Å². The van der Waals surface area contributed by atoms with Gasteiger partial charge in [0.15, 0.2) is 0 Å². The van der Waals surface area contributed by atoms with Gasteiger partial charge in [0.1, 0.15) is 11.6 Å². The van der Waals surface area contributed by atoms with Gasteiger partial charge in [-0.15, -0.1) is 0 Å². The fourth-order valence-electron chi connectivity index (χ4n) is 2.07. The van der Waals surface area contributed by atoms with E-state index in [1.165, 1.54) is 24.3 Å². The predicted molar refractivity (Wildman–Crippen MR) is 72.7 cm³/mol. The Labute approximate surface area is 116 Å². The van der Waals surface area contributed by atoms with E-state index in [2.05, 4.69) is 0 Å². The van der Waals surface area contributed by atoms with Crippen LogP contribution < -0.4 is 0 Å². The van der Waals surface area contributed by atoms with Crippen molar-refractivity contribution < 1.29 is 8.78 Å². The second kappa shape index (κ2) is 6.27. The molecule has 0 N–H and O–H groups in total. The highest BCUT2D eigenvalue weighted by atomic mass is 19.1. The summed E-state index contributed by atoms with van der Waals surface area (Å²) in [5.41, 5.74) is 1.61. The largest absolute Gasteiger partial charge is 0.298 e. The summed E-state index contributed by atoms with van der Waals surface area (Å²) in [7, 11) is 1.80. The fourth-order valence-corrected chi connectivity index (χ4v) is 2.07. The van der Waals surface area contributed by atoms with Crippen molar-refractivity contribution in [3.63, 3.8) is 0 Å². The lowest BCUT2D eigenvalue weighted by molar-refractivity contribution is 0.313. The van der Waals surface area contributed by atoms with Crippen LogP contribution in [0, 0.1) is 23.0 Å². The molecule has 0 aromatic heterocycles. The zero-order chi connectivity index (χ0) is 14.5.